The first-order chi connectivity index (χ1) is 9.25. The molecule has 7 heteroatoms. The van der Waals surface area contributed by atoms with Crippen molar-refractivity contribution in [1.82, 2.24) is 4.90 Å². The van der Waals surface area contributed by atoms with Gasteiger partial charge in [-0.2, -0.15) is 0 Å². The van der Waals surface area contributed by atoms with Crippen molar-refractivity contribution < 1.29 is 23.1 Å². The van der Waals surface area contributed by atoms with Crippen LogP contribution in [0.5, 0.6) is 0 Å². The average molecular weight is 297 g/mol. The number of hydrogen-bond donors (Lipinski definition) is 1. The zero-order valence-electron chi connectivity index (χ0n) is 11.2. The number of rotatable bonds is 3. The first-order valence-electron chi connectivity index (χ1n) is 6.08. The summed E-state index contributed by atoms with van der Waals surface area (Å²) in [5.74, 6) is -1.63. The molecule has 0 bridgehead atoms. The molecule has 0 aliphatic carbocycles. The minimum absolute atomic E-state index is 0.0649. The van der Waals surface area contributed by atoms with Gasteiger partial charge in [0.15, 0.2) is 9.84 Å². The van der Waals surface area contributed by atoms with Crippen molar-refractivity contribution in [3.05, 3.63) is 29.3 Å². The Bertz CT molecular complexity index is 680. The minimum atomic E-state index is -3.85. The average Bonchev–Trinajstić information content (AvgIpc) is 2.70. The first-order valence-corrected chi connectivity index (χ1v) is 7.62. The number of sulfone groups is 1. The van der Waals surface area contributed by atoms with Gasteiger partial charge in [-0.25, -0.2) is 13.2 Å². The van der Waals surface area contributed by atoms with Gasteiger partial charge in [-0.3, -0.25) is 4.79 Å². The lowest BCUT2D eigenvalue weighted by Gasteiger charge is -2.12. The van der Waals surface area contributed by atoms with Crippen molar-refractivity contribution in [2.75, 3.05) is 13.6 Å². The van der Waals surface area contributed by atoms with Gasteiger partial charge < -0.3 is 10.0 Å². The fraction of sp³-hybridized carbons (Fsp3) is 0.385. The molecule has 0 spiro atoms. The highest BCUT2D eigenvalue weighted by molar-refractivity contribution is 7.92. The van der Waals surface area contributed by atoms with Crippen molar-refractivity contribution in [3.8, 4) is 0 Å². The second-order valence-electron chi connectivity index (χ2n) is 4.86. The Kier molecular flexibility index (Phi) is 3.56. The van der Waals surface area contributed by atoms with Gasteiger partial charge in [0, 0.05) is 13.6 Å². The minimum Gasteiger partial charge on any atom is -0.478 e. The third-order valence-corrected chi connectivity index (χ3v) is 5.62. The summed E-state index contributed by atoms with van der Waals surface area (Å²) >= 11 is 0. The number of hydrogen-bond acceptors (Lipinski definition) is 4. The molecule has 0 saturated carbocycles. The van der Waals surface area contributed by atoms with Crippen LogP contribution in [-0.2, 0) is 14.6 Å². The van der Waals surface area contributed by atoms with Crippen molar-refractivity contribution in [2.45, 2.75) is 23.5 Å². The predicted molar refractivity (Wildman–Crippen MR) is 71.4 cm³/mol. The molecule has 1 heterocycles. The van der Waals surface area contributed by atoms with Crippen LogP contribution in [0.1, 0.15) is 22.3 Å². The van der Waals surface area contributed by atoms with E-state index in [1.165, 1.54) is 17.0 Å². The van der Waals surface area contributed by atoms with Gasteiger partial charge in [0.1, 0.15) is 5.25 Å². The quantitative estimate of drug-likeness (QED) is 0.886. The van der Waals surface area contributed by atoms with Gasteiger partial charge >= 0.3 is 5.97 Å². The van der Waals surface area contributed by atoms with Crippen molar-refractivity contribution >= 4 is 21.7 Å². The molecule has 0 aromatic heterocycles. The van der Waals surface area contributed by atoms with E-state index >= 15 is 0 Å². The third kappa shape index (κ3) is 2.29. The van der Waals surface area contributed by atoms with E-state index in [1.807, 2.05) is 0 Å². The molecule has 1 aromatic rings. The number of aryl methyl sites for hydroxylation is 1. The van der Waals surface area contributed by atoms with E-state index in [1.54, 1.807) is 14.0 Å². The van der Waals surface area contributed by atoms with Gasteiger partial charge in [-0.05, 0) is 31.0 Å². The lowest BCUT2D eigenvalue weighted by Crippen LogP contribution is -2.31. The molecule has 1 unspecified atom stereocenters. The van der Waals surface area contributed by atoms with Gasteiger partial charge in [0.25, 0.3) is 0 Å². The number of carbonyl (C=O) groups excluding carboxylic acids is 1. The highest BCUT2D eigenvalue weighted by Gasteiger charge is 2.40. The Morgan fingerprint density at radius 1 is 1.40 bits per heavy atom. The smallest absolute Gasteiger partial charge is 0.335 e. The Morgan fingerprint density at radius 2 is 2.05 bits per heavy atom. The summed E-state index contributed by atoms with van der Waals surface area (Å²) < 4.78 is 24.9. The Labute approximate surface area is 116 Å². The third-order valence-electron chi connectivity index (χ3n) is 3.52. The number of amides is 1. The summed E-state index contributed by atoms with van der Waals surface area (Å²) in [7, 11) is -2.30. The summed E-state index contributed by atoms with van der Waals surface area (Å²) in [5, 5.41) is 7.93. The molecule has 6 nitrogen and oxygen atoms in total. The largest absolute Gasteiger partial charge is 0.478 e. The summed E-state index contributed by atoms with van der Waals surface area (Å²) in [4.78, 5) is 24.2. The van der Waals surface area contributed by atoms with Crippen molar-refractivity contribution in [1.29, 1.82) is 0 Å². The van der Waals surface area contributed by atoms with Crippen LogP contribution in [0, 0.1) is 6.92 Å². The Balaban J connectivity index is 2.48. The Hall–Kier alpha value is -1.89. The SMILES string of the molecule is Cc1ccc(S(=O)(=O)C2CCN(C)C2=O)cc1C(=O)O. The van der Waals surface area contributed by atoms with Gasteiger partial charge in [0.05, 0.1) is 10.5 Å². The van der Waals surface area contributed by atoms with Crippen molar-refractivity contribution in [3.63, 3.8) is 0 Å². The summed E-state index contributed by atoms with van der Waals surface area (Å²) in [5.41, 5.74) is 0.413. The molecule has 1 fully saturated rings. The molecular weight excluding hydrogens is 282 g/mol. The molecule has 1 aliphatic rings. The zero-order valence-corrected chi connectivity index (χ0v) is 12.0. The zero-order chi connectivity index (χ0) is 15.1. The maximum Gasteiger partial charge on any atom is 0.335 e. The molecular formula is C13H15NO5S. The van der Waals surface area contributed by atoms with E-state index in [0.717, 1.165) is 6.07 Å². The summed E-state index contributed by atoms with van der Waals surface area (Å²) in [6.07, 6.45) is 0.230. The van der Waals surface area contributed by atoms with E-state index < -0.39 is 27.0 Å². The predicted octanol–water partition coefficient (Wildman–Crippen LogP) is 0.698. The standard InChI is InChI=1S/C13H15NO5S/c1-8-3-4-9(7-10(8)13(16)17)20(18,19)11-5-6-14(2)12(11)15/h3-4,7,11H,5-6H2,1-2H3,(H,16,17). The fourth-order valence-corrected chi connectivity index (χ4v) is 3.98. The van der Waals surface area contributed by atoms with E-state index in [9.17, 15) is 18.0 Å². The molecule has 0 radical (unpaired) electrons. The van der Waals surface area contributed by atoms with E-state index in [0.29, 0.717) is 12.1 Å². The van der Waals surface area contributed by atoms with Crippen LogP contribution in [0.3, 0.4) is 0 Å². The van der Waals surface area contributed by atoms with Crippen LogP contribution < -0.4 is 0 Å². The lowest BCUT2D eigenvalue weighted by molar-refractivity contribution is -0.126. The van der Waals surface area contributed by atoms with Gasteiger partial charge in [-0.1, -0.05) is 6.07 Å². The molecule has 20 heavy (non-hydrogen) atoms. The summed E-state index contributed by atoms with van der Waals surface area (Å²) in [6, 6.07) is 3.92. The number of benzene rings is 1. The topological polar surface area (TPSA) is 91.8 Å². The molecule has 2 rings (SSSR count). The molecule has 1 saturated heterocycles. The van der Waals surface area contributed by atoms with Crippen LogP contribution in [0.4, 0.5) is 0 Å². The maximum atomic E-state index is 12.4. The fourth-order valence-electron chi connectivity index (χ4n) is 2.25. The number of carboxylic acids is 1. The maximum absolute atomic E-state index is 12.4. The molecule has 1 aromatic carbocycles. The van der Waals surface area contributed by atoms with Crippen molar-refractivity contribution in [2.24, 2.45) is 0 Å². The molecule has 1 aliphatic heterocycles. The molecule has 108 valence electrons. The first kappa shape index (κ1) is 14.5. The monoisotopic (exact) mass is 297 g/mol. The molecule has 1 amide bonds. The second-order valence-corrected chi connectivity index (χ2v) is 6.99. The molecule has 1 N–H and O–H groups in total. The summed E-state index contributed by atoms with van der Waals surface area (Å²) in [6.45, 7) is 1.98. The number of likely N-dealkylation sites (tertiary alicyclic amines) is 1. The Morgan fingerprint density at radius 3 is 2.55 bits per heavy atom. The lowest BCUT2D eigenvalue weighted by atomic mass is 10.1. The van der Waals surface area contributed by atoms with Crippen LogP contribution >= 0.6 is 0 Å². The number of carboxylic acid groups (broad SMARTS) is 1. The highest BCUT2D eigenvalue weighted by atomic mass is 32.2. The van der Waals surface area contributed by atoms with E-state index in [-0.39, 0.29) is 16.9 Å². The van der Waals surface area contributed by atoms with Gasteiger partial charge in [-0.15, -0.1) is 0 Å². The molecule has 1 atom stereocenters. The normalized spacial score (nSPS) is 19.4. The van der Waals surface area contributed by atoms with E-state index in [2.05, 4.69) is 0 Å². The van der Waals surface area contributed by atoms with Crippen LogP contribution in [0.25, 0.3) is 0 Å². The number of carbonyl (C=O) groups is 2. The van der Waals surface area contributed by atoms with E-state index in [4.69, 9.17) is 5.11 Å². The highest BCUT2D eigenvalue weighted by Crippen LogP contribution is 2.25. The van der Waals surface area contributed by atoms with Crippen LogP contribution in [0.2, 0.25) is 0 Å². The second kappa shape index (κ2) is 4.90. The number of nitrogens with zero attached hydrogens (tertiary/aromatic N) is 1. The van der Waals surface area contributed by atoms with Crippen LogP contribution in [-0.4, -0.2) is 49.1 Å². The number of aromatic carboxylic acids is 1. The van der Waals surface area contributed by atoms with Crippen LogP contribution in [0.15, 0.2) is 23.1 Å². The van der Waals surface area contributed by atoms with Gasteiger partial charge in [0.2, 0.25) is 5.91 Å².